The van der Waals surface area contributed by atoms with E-state index in [2.05, 4.69) is 21.2 Å². The van der Waals surface area contributed by atoms with Gasteiger partial charge in [0.15, 0.2) is 0 Å². The zero-order valence-electron chi connectivity index (χ0n) is 9.48. The van der Waals surface area contributed by atoms with Crippen LogP contribution in [0, 0.1) is 0 Å². The highest BCUT2D eigenvalue weighted by atomic mass is 79.9. The van der Waals surface area contributed by atoms with Gasteiger partial charge in [-0.25, -0.2) is 0 Å². The van der Waals surface area contributed by atoms with Crippen LogP contribution in [-0.2, 0) is 18.3 Å². The van der Waals surface area contributed by atoms with Crippen LogP contribution >= 0.6 is 15.9 Å². The number of aromatic nitrogens is 1. The summed E-state index contributed by atoms with van der Waals surface area (Å²) in [6.07, 6.45) is 4.28. The monoisotopic (exact) mass is 292 g/mol. The van der Waals surface area contributed by atoms with Crippen molar-refractivity contribution in [1.82, 2.24) is 4.57 Å². The minimum atomic E-state index is -0.00137. The normalized spacial score (nSPS) is 10.2. The van der Waals surface area contributed by atoms with E-state index in [9.17, 15) is 4.79 Å². The molecule has 0 fully saturated rings. The fraction of sp³-hybridized carbons (Fsp3) is 0.154. The molecule has 2 aromatic rings. The summed E-state index contributed by atoms with van der Waals surface area (Å²) in [5.41, 5.74) is 1.83. The lowest BCUT2D eigenvalue weighted by atomic mass is 10.2. The van der Waals surface area contributed by atoms with Gasteiger partial charge < -0.3 is 9.88 Å². The molecule has 4 heteroatoms. The van der Waals surface area contributed by atoms with E-state index in [1.807, 2.05) is 54.3 Å². The molecule has 0 atom stereocenters. The SMILES string of the molecule is Cn1ccc(CC(=O)Nc2ccc(Br)cc2)c1. The number of nitrogens with zero attached hydrogens (tertiary/aromatic N) is 1. The number of anilines is 1. The first-order valence-electron chi connectivity index (χ1n) is 5.30. The van der Waals surface area contributed by atoms with E-state index in [1.165, 1.54) is 0 Å². The highest BCUT2D eigenvalue weighted by Gasteiger charge is 2.04. The summed E-state index contributed by atoms with van der Waals surface area (Å²) in [7, 11) is 1.94. The van der Waals surface area contributed by atoms with Gasteiger partial charge >= 0.3 is 0 Å². The predicted molar refractivity (Wildman–Crippen MR) is 71.9 cm³/mol. The summed E-state index contributed by atoms with van der Waals surface area (Å²) in [5.74, 6) is -0.00137. The van der Waals surface area contributed by atoms with Crippen LogP contribution in [0.15, 0.2) is 47.2 Å². The Balaban J connectivity index is 1.95. The van der Waals surface area contributed by atoms with Crippen LogP contribution in [0.5, 0.6) is 0 Å². The smallest absolute Gasteiger partial charge is 0.228 e. The second-order valence-electron chi connectivity index (χ2n) is 3.92. The van der Waals surface area contributed by atoms with Gasteiger partial charge in [0, 0.05) is 29.6 Å². The van der Waals surface area contributed by atoms with Crippen LogP contribution in [-0.4, -0.2) is 10.5 Å². The second-order valence-corrected chi connectivity index (χ2v) is 4.83. The average molecular weight is 293 g/mol. The lowest BCUT2D eigenvalue weighted by Gasteiger charge is -2.04. The third-order valence-electron chi connectivity index (χ3n) is 2.39. The predicted octanol–water partition coefficient (Wildman–Crippen LogP) is 2.97. The Labute approximate surface area is 109 Å². The van der Waals surface area contributed by atoms with Gasteiger partial charge in [-0.05, 0) is 35.9 Å². The van der Waals surface area contributed by atoms with E-state index < -0.39 is 0 Å². The van der Waals surface area contributed by atoms with Crippen molar-refractivity contribution in [2.24, 2.45) is 7.05 Å². The topological polar surface area (TPSA) is 34.0 Å². The number of aryl methyl sites for hydroxylation is 1. The Kier molecular flexibility index (Phi) is 3.64. The molecule has 0 saturated carbocycles. The molecule has 0 unspecified atom stereocenters. The van der Waals surface area contributed by atoms with Gasteiger partial charge in [-0.2, -0.15) is 0 Å². The van der Waals surface area contributed by atoms with Gasteiger partial charge in [-0.15, -0.1) is 0 Å². The Morgan fingerprint density at radius 3 is 2.59 bits per heavy atom. The van der Waals surface area contributed by atoms with Crippen molar-refractivity contribution in [3.05, 3.63) is 52.8 Å². The summed E-state index contributed by atoms with van der Waals surface area (Å²) in [6, 6.07) is 9.48. The zero-order valence-corrected chi connectivity index (χ0v) is 11.1. The van der Waals surface area contributed by atoms with E-state index in [-0.39, 0.29) is 5.91 Å². The molecule has 1 aromatic heterocycles. The summed E-state index contributed by atoms with van der Waals surface area (Å²) in [4.78, 5) is 11.7. The number of rotatable bonds is 3. The number of hydrogen-bond donors (Lipinski definition) is 1. The zero-order chi connectivity index (χ0) is 12.3. The molecule has 17 heavy (non-hydrogen) atoms. The molecule has 0 aliphatic rings. The van der Waals surface area contributed by atoms with Crippen LogP contribution in [0.1, 0.15) is 5.56 Å². The molecular formula is C13H13BrN2O. The molecule has 0 radical (unpaired) electrons. The Morgan fingerprint density at radius 2 is 2.00 bits per heavy atom. The summed E-state index contributed by atoms with van der Waals surface area (Å²) in [6.45, 7) is 0. The maximum atomic E-state index is 11.7. The lowest BCUT2D eigenvalue weighted by Crippen LogP contribution is -2.13. The molecule has 0 aliphatic heterocycles. The molecular weight excluding hydrogens is 280 g/mol. The van der Waals surface area contributed by atoms with Crippen LogP contribution in [0.25, 0.3) is 0 Å². The molecule has 0 saturated heterocycles. The van der Waals surface area contributed by atoms with Gasteiger partial charge in [0.2, 0.25) is 5.91 Å². The molecule has 1 heterocycles. The maximum absolute atomic E-state index is 11.7. The molecule has 3 nitrogen and oxygen atoms in total. The van der Waals surface area contributed by atoms with Crippen molar-refractivity contribution in [3.63, 3.8) is 0 Å². The van der Waals surface area contributed by atoms with Crippen molar-refractivity contribution in [1.29, 1.82) is 0 Å². The molecule has 88 valence electrons. The largest absolute Gasteiger partial charge is 0.357 e. The minimum Gasteiger partial charge on any atom is -0.357 e. The highest BCUT2D eigenvalue weighted by Crippen LogP contribution is 2.14. The van der Waals surface area contributed by atoms with Crippen molar-refractivity contribution >= 4 is 27.5 Å². The van der Waals surface area contributed by atoms with E-state index in [1.54, 1.807) is 0 Å². The third kappa shape index (κ3) is 3.46. The lowest BCUT2D eigenvalue weighted by molar-refractivity contribution is -0.115. The summed E-state index contributed by atoms with van der Waals surface area (Å²) < 4.78 is 2.93. The molecule has 1 aromatic carbocycles. The van der Waals surface area contributed by atoms with Gasteiger partial charge in [-0.1, -0.05) is 15.9 Å². The number of amides is 1. The molecule has 0 spiro atoms. The van der Waals surface area contributed by atoms with E-state index in [4.69, 9.17) is 0 Å². The van der Waals surface area contributed by atoms with E-state index >= 15 is 0 Å². The van der Waals surface area contributed by atoms with Crippen LogP contribution in [0.2, 0.25) is 0 Å². The first-order valence-corrected chi connectivity index (χ1v) is 6.09. The highest BCUT2D eigenvalue weighted by molar-refractivity contribution is 9.10. The van der Waals surface area contributed by atoms with Gasteiger partial charge in [-0.3, -0.25) is 4.79 Å². The second kappa shape index (κ2) is 5.19. The number of benzene rings is 1. The first kappa shape index (κ1) is 11.9. The number of carbonyl (C=O) groups is 1. The summed E-state index contributed by atoms with van der Waals surface area (Å²) in [5, 5.41) is 2.86. The Hall–Kier alpha value is -1.55. The van der Waals surface area contributed by atoms with E-state index in [0.29, 0.717) is 6.42 Å². The number of hydrogen-bond acceptors (Lipinski definition) is 1. The quantitative estimate of drug-likeness (QED) is 0.927. The van der Waals surface area contributed by atoms with Crippen molar-refractivity contribution in [2.45, 2.75) is 6.42 Å². The molecule has 1 N–H and O–H groups in total. The summed E-state index contributed by atoms with van der Waals surface area (Å²) >= 11 is 3.35. The first-order chi connectivity index (χ1) is 8.13. The van der Waals surface area contributed by atoms with Gasteiger partial charge in [0.1, 0.15) is 0 Å². The van der Waals surface area contributed by atoms with Crippen LogP contribution in [0.4, 0.5) is 5.69 Å². The number of carbonyl (C=O) groups excluding carboxylic acids is 1. The third-order valence-corrected chi connectivity index (χ3v) is 2.91. The fourth-order valence-corrected chi connectivity index (χ4v) is 1.85. The van der Waals surface area contributed by atoms with Crippen LogP contribution in [0.3, 0.4) is 0 Å². The molecule has 1 amide bonds. The van der Waals surface area contributed by atoms with Crippen molar-refractivity contribution in [3.8, 4) is 0 Å². The minimum absolute atomic E-state index is 0.00137. The number of halogens is 1. The molecule has 0 aliphatic carbocycles. The standard InChI is InChI=1S/C13H13BrN2O/c1-16-7-6-10(9-16)8-13(17)15-12-4-2-11(14)3-5-12/h2-7,9H,8H2,1H3,(H,15,17). The fourth-order valence-electron chi connectivity index (χ4n) is 1.59. The van der Waals surface area contributed by atoms with Gasteiger partial charge in [0.05, 0.1) is 6.42 Å². The number of nitrogens with one attached hydrogen (secondary N) is 1. The average Bonchev–Trinajstić information content (AvgIpc) is 2.67. The molecule has 0 bridgehead atoms. The van der Waals surface area contributed by atoms with Crippen molar-refractivity contribution < 1.29 is 4.79 Å². The van der Waals surface area contributed by atoms with Crippen molar-refractivity contribution in [2.75, 3.05) is 5.32 Å². The Bertz CT molecular complexity index is 516. The van der Waals surface area contributed by atoms with E-state index in [0.717, 1.165) is 15.7 Å². The maximum Gasteiger partial charge on any atom is 0.228 e. The van der Waals surface area contributed by atoms with Crippen LogP contribution < -0.4 is 5.32 Å². The molecule has 2 rings (SSSR count). The van der Waals surface area contributed by atoms with Gasteiger partial charge in [0.25, 0.3) is 0 Å². The Morgan fingerprint density at radius 1 is 1.29 bits per heavy atom.